The second kappa shape index (κ2) is 4.89. The van der Waals surface area contributed by atoms with Gasteiger partial charge in [0.25, 0.3) is 0 Å². The lowest BCUT2D eigenvalue weighted by Gasteiger charge is -2.60. The van der Waals surface area contributed by atoms with E-state index < -0.39 is 5.54 Å². The van der Waals surface area contributed by atoms with E-state index in [1.165, 1.54) is 12.8 Å². The number of thioether (sulfide) groups is 1. The van der Waals surface area contributed by atoms with Crippen molar-refractivity contribution in [2.24, 2.45) is 17.1 Å². The molecule has 4 nitrogen and oxygen atoms in total. The Hall–Kier alpha value is -0.260. The van der Waals surface area contributed by atoms with E-state index in [1.54, 1.807) is 0 Å². The normalized spacial score (nSPS) is 45.8. The summed E-state index contributed by atoms with van der Waals surface area (Å²) in [5.74, 6) is 0.229. The second-order valence-corrected chi connectivity index (χ2v) is 8.14. The summed E-state index contributed by atoms with van der Waals surface area (Å²) in [6.45, 7) is 4.88. The Morgan fingerprint density at radius 2 is 2.10 bits per heavy atom. The summed E-state index contributed by atoms with van der Waals surface area (Å²) in [5, 5.41) is 3.79. The highest BCUT2D eigenvalue weighted by Crippen LogP contribution is 2.58. The standard InChI is InChI=1S/C15H26N2O2S/c1-14(2)12-9(7-8-19-12)15(14,16)13(18)17-10-5-4-6-11(10)20-3/h9-12H,4-8,16H2,1-3H3,(H,17,18). The van der Waals surface area contributed by atoms with Gasteiger partial charge in [-0.25, -0.2) is 0 Å². The first-order chi connectivity index (χ1) is 9.42. The summed E-state index contributed by atoms with van der Waals surface area (Å²) < 4.78 is 5.76. The Labute approximate surface area is 125 Å². The van der Waals surface area contributed by atoms with Crippen molar-refractivity contribution < 1.29 is 9.53 Å². The molecule has 0 aromatic carbocycles. The molecule has 2 saturated carbocycles. The first-order valence-corrected chi connectivity index (χ1v) is 8.96. The Balaban J connectivity index is 1.73. The summed E-state index contributed by atoms with van der Waals surface area (Å²) in [7, 11) is 0. The van der Waals surface area contributed by atoms with Crippen LogP contribution in [0.4, 0.5) is 0 Å². The van der Waals surface area contributed by atoms with Crippen LogP contribution >= 0.6 is 11.8 Å². The molecule has 20 heavy (non-hydrogen) atoms. The summed E-state index contributed by atoms with van der Waals surface area (Å²) in [5.41, 5.74) is 5.54. The number of amides is 1. The minimum absolute atomic E-state index is 0.0419. The Bertz CT molecular complexity index is 415. The van der Waals surface area contributed by atoms with Crippen molar-refractivity contribution in [3.63, 3.8) is 0 Å². The summed E-state index contributed by atoms with van der Waals surface area (Å²) >= 11 is 1.86. The fourth-order valence-corrected chi connectivity index (χ4v) is 5.44. The number of fused-ring (bicyclic) bond motifs is 1. The smallest absolute Gasteiger partial charge is 0.241 e. The van der Waals surface area contributed by atoms with Crippen molar-refractivity contribution in [2.75, 3.05) is 12.9 Å². The summed E-state index contributed by atoms with van der Waals surface area (Å²) in [4.78, 5) is 12.8. The van der Waals surface area contributed by atoms with Gasteiger partial charge in [0.05, 0.1) is 6.10 Å². The highest BCUT2D eigenvalue weighted by molar-refractivity contribution is 7.99. The minimum Gasteiger partial charge on any atom is -0.377 e. The SMILES string of the molecule is CSC1CCCC1NC(=O)C1(N)C2CCOC2C1(C)C. The van der Waals surface area contributed by atoms with E-state index in [4.69, 9.17) is 10.5 Å². The average molecular weight is 298 g/mol. The van der Waals surface area contributed by atoms with Crippen LogP contribution in [0.2, 0.25) is 0 Å². The maximum absolute atomic E-state index is 12.8. The number of carbonyl (C=O) groups excluding carboxylic acids is 1. The molecule has 3 fully saturated rings. The van der Waals surface area contributed by atoms with E-state index in [-0.39, 0.29) is 29.4 Å². The monoisotopic (exact) mass is 298 g/mol. The molecule has 2 aliphatic carbocycles. The van der Waals surface area contributed by atoms with E-state index >= 15 is 0 Å². The molecule has 0 spiro atoms. The van der Waals surface area contributed by atoms with Crippen LogP contribution in [0.5, 0.6) is 0 Å². The molecule has 5 heteroatoms. The first-order valence-electron chi connectivity index (χ1n) is 7.67. The molecule has 0 aromatic rings. The van der Waals surface area contributed by atoms with Gasteiger partial charge in [-0.3, -0.25) is 4.79 Å². The Morgan fingerprint density at radius 1 is 1.35 bits per heavy atom. The van der Waals surface area contributed by atoms with Crippen LogP contribution in [0.15, 0.2) is 0 Å². The van der Waals surface area contributed by atoms with E-state index in [0.29, 0.717) is 5.25 Å². The fraction of sp³-hybridized carbons (Fsp3) is 0.933. The van der Waals surface area contributed by atoms with Gasteiger partial charge in [0, 0.05) is 29.2 Å². The third-order valence-electron chi connectivity index (χ3n) is 5.90. The van der Waals surface area contributed by atoms with Gasteiger partial charge in [0.2, 0.25) is 5.91 Å². The highest BCUT2D eigenvalue weighted by atomic mass is 32.2. The number of rotatable bonds is 3. The summed E-state index contributed by atoms with van der Waals surface area (Å²) in [6, 6.07) is 0.287. The van der Waals surface area contributed by atoms with Gasteiger partial charge in [-0.05, 0) is 25.5 Å². The average Bonchev–Trinajstić information content (AvgIpc) is 3.05. The van der Waals surface area contributed by atoms with Crippen molar-refractivity contribution in [1.29, 1.82) is 0 Å². The minimum atomic E-state index is -0.764. The number of carbonyl (C=O) groups is 1. The quantitative estimate of drug-likeness (QED) is 0.829. The van der Waals surface area contributed by atoms with Crippen LogP contribution in [-0.2, 0) is 9.53 Å². The maximum Gasteiger partial charge on any atom is 0.241 e. The van der Waals surface area contributed by atoms with Crippen molar-refractivity contribution >= 4 is 17.7 Å². The van der Waals surface area contributed by atoms with Gasteiger partial charge in [0.15, 0.2) is 0 Å². The molecule has 1 amide bonds. The largest absolute Gasteiger partial charge is 0.377 e. The van der Waals surface area contributed by atoms with Gasteiger partial charge in [-0.2, -0.15) is 11.8 Å². The van der Waals surface area contributed by atoms with Crippen molar-refractivity contribution in [1.82, 2.24) is 5.32 Å². The van der Waals surface area contributed by atoms with Crippen LogP contribution in [0.1, 0.15) is 39.5 Å². The molecule has 0 radical (unpaired) electrons. The zero-order valence-electron chi connectivity index (χ0n) is 12.6. The van der Waals surface area contributed by atoms with Gasteiger partial charge in [-0.15, -0.1) is 0 Å². The Kier molecular flexibility index (Phi) is 3.58. The molecule has 3 aliphatic rings. The molecule has 1 heterocycles. The third-order valence-corrected chi connectivity index (χ3v) is 7.07. The molecule has 0 aromatic heterocycles. The van der Waals surface area contributed by atoms with Gasteiger partial charge in [0.1, 0.15) is 5.54 Å². The second-order valence-electron chi connectivity index (χ2n) is 7.06. The van der Waals surface area contributed by atoms with E-state index in [2.05, 4.69) is 25.4 Å². The van der Waals surface area contributed by atoms with Crippen molar-refractivity contribution in [3.8, 4) is 0 Å². The van der Waals surface area contributed by atoms with Crippen LogP contribution < -0.4 is 11.1 Å². The fourth-order valence-electron chi connectivity index (χ4n) is 4.51. The van der Waals surface area contributed by atoms with Crippen LogP contribution in [0, 0.1) is 11.3 Å². The van der Waals surface area contributed by atoms with Crippen molar-refractivity contribution in [2.45, 2.75) is 62.5 Å². The molecule has 3 N–H and O–H groups in total. The molecular weight excluding hydrogens is 272 g/mol. The number of nitrogens with two attached hydrogens (primary N) is 1. The predicted octanol–water partition coefficient (Wildman–Crippen LogP) is 1.53. The Morgan fingerprint density at radius 3 is 2.80 bits per heavy atom. The number of hydrogen-bond acceptors (Lipinski definition) is 4. The molecule has 114 valence electrons. The summed E-state index contributed by atoms with van der Waals surface area (Å²) in [6.07, 6.45) is 6.67. The molecule has 5 unspecified atom stereocenters. The van der Waals surface area contributed by atoms with Crippen LogP contribution in [0.3, 0.4) is 0 Å². The first kappa shape index (κ1) is 14.7. The van der Waals surface area contributed by atoms with Gasteiger partial charge < -0.3 is 15.8 Å². The van der Waals surface area contributed by atoms with E-state index in [0.717, 1.165) is 19.4 Å². The molecule has 5 atom stereocenters. The molecule has 1 saturated heterocycles. The third kappa shape index (κ3) is 1.79. The lowest BCUT2D eigenvalue weighted by atomic mass is 9.48. The predicted molar refractivity (Wildman–Crippen MR) is 81.6 cm³/mol. The van der Waals surface area contributed by atoms with E-state index in [1.807, 2.05) is 11.8 Å². The topological polar surface area (TPSA) is 64.4 Å². The van der Waals surface area contributed by atoms with Gasteiger partial charge in [-0.1, -0.05) is 20.3 Å². The molecule has 0 bridgehead atoms. The van der Waals surface area contributed by atoms with Crippen LogP contribution in [0.25, 0.3) is 0 Å². The molecular formula is C15H26N2O2S. The molecule has 3 rings (SSSR count). The highest BCUT2D eigenvalue weighted by Gasteiger charge is 2.71. The maximum atomic E-state index is 12.8. The van der Waals surface area contributed by atoms with Gasteiger partial charge >= 0.3 is 0 Å². The molecule has 1 aliphatic heterocycles. The zero-order chi connectivity index (χ0) is 14.5. The lowest BCUT2D eigenvalue weighted by Crippen LogP contribution is -2.80. The lowest BCUT2D eigenvalue weighted by molar-refractivity contribution is -0.175. The van der Waals surface area contributed by atoms with Crippen molar-refractivity contribution in [3.05, 3.63) is 0 Å². The number of nitrogens with one attached hydrogen (secondary N) is 1. The van der Waals surface area contributed by atoms with E-state index in [9.17, 15) is 4.79 Å². The van der Waals surface area contributed by atoms with Crippen LogP contribution in [-0.4, -0.2) is 41.7 Å². The number of hydrogen-bond donors (Lipinski definition) is 2. The zero-order valence-corrected chi connectivity index (χ0v) is 13.5. The number of ether oxygens (including phenoxy) is 1.